The van der Waals surface area contributed by atoms with Crippen molar-refractivity contribution in [2.24, 2.45) is 4.99 Å². The molecule has 2 aromatic carbocycles. The molecule has 148 valence electrons. The van der Waals surface area contributed by atoms with Gasteiger partial charge in [0.15, 0.2) is 11.5 Å². The summed E-state index contributed by atoms with van der Waals surface area (Å²) in [5.74, 6) is 2.07. The summed E-state index contributed by atoms with van der Waals surface area (Å²) in [5, 5.41) is 9.95. The van der Waals surface area contributed by atoms with E-state index in [1.807, 2.05) is 37.3 Å². The summed E-state index contributed by atoms with van der Waals surface area (Å²) in [6.45, 7) is 3.94. The Morgan fingerprint density at radius 1 is 1.28 bits per heavy atom. The van der Waals surface area contributed by atoms with E-state index >= 15 is 0 Å². The Labute approximate surface area is 182 Å². The van der Waals surface area contributed by atoms with E-state index in [4.69, 9.17) is 25.5 Å². The van der Waals surface area contributed by atoms with Crippen LogP contribution in [0.1, 0.15) is 28.0 Å². The first-order chi connectivity index (χ1) is 13.9. The molecule has 0 aliphatic carbocycles. The maximum Gasteiger partial charge on any atom is 0.237 e. The van der Waals surface area contributed by atoms with Gasteiger partial charge in [0.1, 0.15) is 24.0 Å². The van der Waals surface area contributed by atoms with Gasteiger partial charge in [-0.1, -0.05) is 29.8 Å². The molecule has 0 amide bonds. The van der Waals surface area contributed by atoms with Crippen molar-refractivity contribution in [3.63, 3.8) is 0 Å². The van der Waals surface area contributed by atoms with E-state index in [9.17, 15) is 5.26 Å². The van der Waals surface area contributed by atoms with E-state index in [1.54, 1.807) is 26.3 Å². The maximum atomic E-state index is 9.31. The second kappa shape index (κ2) is 9.17. The van der Waals surface area contributed by atoms with Crippen molar-refractivity contribution in [3.8, 4) is 17.6 Å². The summed E-state index contributed by atoms with van der Waals surface area (Å²) in [7, 11) is 1.57. The standard InChI is InChI=1S/C22H18BrClN2O3/c1-13-14(2)29-22(17(13)10-25)26-11-15-8-18(23)21(20(9-15)27-3)28-12-16-6-4-5-7-19(16)24/h4-9,11H,12H2,1-3H3. The number of nitrogens with zero attached hydrogens (tertiary/aromatic N) is 2. The molecule has 0 unspecified atom stereocenters. The normalized spacial score (nSPS) is 10.9. The highest BCUT2D eigenvalue weighted by Gasteiger charge is 2.15. The molecule has 0 saturated carbocycles. The lowest BCUT2D eigenvalue weighted by molar-refractivity contribution is 0.282. The number of hydrogen-bond acceptors (Lipinski definition) is 5. The zero-order chi connectivity index (χ0) is 21.0. The predicted octanol–water partition coefficient (Wildman–Crippen LogP) is 6.52. The molecule has 7 heteroatoms. The number of rotatable bonds is 6. The molecule has 0 N–H and O–H groups in total. The highest BCUT2D eigenvalue weighted by atomic mass is 79.9. The number of ether oxygens (including phenoxy) is 2. The summed E-state index contributed by atoms with van der Waals surface area (Å²) in [4.78, 5) is 4.33. The van der Waals surface area contributed by atoms with E-state index < -0.39 is 0 Å². The fourth-order valence-corrected chi connectivity index (χ4v) is 3.45. The van der Waals surface area contributed by atoms with Gasteiger partial charge in [0, 0.05) is 22.4 Å². The Hall–Kier alpha value is -2.75. The Morgan fingerprint density at radius 3 is 2.72 bits per heavy atom. The van der Waals surface area contributed by atoms with E-state index in [2.05, 4.69) is 27.0 Å². The highest BCUT2D eigenvalue weighted by Crippen LogP contribution is 2.37. The van der Waals surface area contributed by atoms with E-state index in [1.165, 1.54) is 0 Å². The van der Waals surface area contributed by atoms with Crippen LogP contribution < -0.4 is 9.47 Å². The zero-order valence-electron chi connectivity index (χ0n) is 16.1. The minimum Gasteiger partial charge on any atom is -0.493 e. The van der Waals surface area contributed by atoms with Crippen LogP contribution >= 0.6 is 27.5 Å². The second-order valence-electron chi connectivity index (χ2n) is 6.25. The summed E-state index contributed by atoms with van der Waals surface area (Å²) < 4.78 is 17.7. The molecule has 0 atom stereocenters. The molecule has 0 saturated heterocycles. The average molecular weight is 474 g/mol. The van der Waals surface area contributed by atoms with E-state index in [-0.39, 0.29) is 5.88 Å². The molecule has 29 heavy (non-hydrogen) atoms. The largest absolute Gasteiger partial charge is 0.493 e. The average Bonchev–Trinajstić information content (AvgIpc) is 2.99. The third-order valence-corrected chi connectivity index (χ3v) is 5.35. The quantitative estimate of drug-likeness (QED) is 0.382. The maximum absolute atomic E-state index is 9.31. The highest BCUT2D eigenvalue weighted by molar-refractivity contribution is 9.10. The Morgan fingerprint density at radius 2 is 2.03 bits per heavy atom. The number of aliphatic imine (C=N–C) groups is 1. The third kappa shape index (κ3) is 4.64. The van der Waals surface area contributed by atoms with Crippen LogP contribution in [-0.4, -0.2) is 13.3 Å². The van der Waals surface area contributed by atoms with Crippen molar-refractivity contribution in [3.05, 3.63) is 73.9 Å². The molecule has 0 aliphatic rings. The first-order valence-corrected chi connectivity index (χ1v) is 9.89. The fourth-order valence-electron chi connectivity index (χ4n) is 2.68. The van der Waals surface area contributed by atoms with Gasteiger partial charge < -0.3 is 13.9 Å². The number of aryl methyl sites for hydroxylation is 1. The molecule has 0 spiro atoms. The lowest BCUT2D eigenvalue weighted by Gasteiger charge is -2.14. The van der Waals surface area contributed by atoms with E-state index in [0.29, 0.717) is 38.9 Å². The lowest BCUT2D eigenvalue weighted by Crippen LogP contribution is -2.00. The van der Waals surface area contributed by atoms with Crippen LogP contribution in [0.5, 0.6) is 11.5 Å². The summed E-state index contributed by atoms with van der Waals surface area (Å²) >= 11 is 9.72. The lowest BCUT2D eigenvalue weighted by atomic mass is 10.2. The van der Waals surface area contributed by atoms with Gasteiger partial charge in [0.25, 0.3) is 0 Å². The third-order valence-electron chi connectivity index (χ3n) is 4.39. The smallest absolute Gasteiger partial charge is 0.237 e. The molecule has 1 heterocycles. The van der Waals surface area contributed by atoms with Gasteiger partial charge in [-0.25, -0.2) is 4.99 Å². The topological polar surface area (TPSA) is 67.8 Å². The van der Waals surface area contributed by atoms with Gasteiger partial charge >= 0.3 is 0 Å². The zero-order valence-corrected chi connectivity index (χ0v) is 18.5. The molecule has 0 aliphatic heterocycles. The summed E-state index contributed by atoms with van der Waals surface area (Å²) in [6.07, 6.45) is 1.61. The van der Waals surface area contributed by atoms with Crippen molar-refractivity contribution in [2.75, 3.05) is 7.11 Å². The number of methoxy groups -OCH3 is 1. The van der Waals surface area contributed by atoms with E-state index in [0.717, 1.165) is 16.7 Å². The Balaban J connectivity index is 1.86. The molecule has 3 rings (SSSR count). The number of halogens is 2. The molecule has 0 radical (unpaired) electrons. The van der Waals surface area contributed by atoms with Crippen LogP contribution in [0.3, 0.4) is 0 Å². The van der Waals surface area contributed by atoms with Crippen molar-refractivity contribution >= 4 is 39.6 Å². The van der Waals surface area contributed by atoms with Crippen LogP contribution in [0.2, 0.25) is 5.02 Å². The Kier molecular flexibility index (Phi) is 6.63. The van der Waals surface area contributed by atoms with Gasteiger partial charge in [-0.3, -0.25) is 0 Å². The summed E-state index contributed by atoms with van der Waals surface area (Å²) in [6, 6.07) is 13.3. The van der Waals surface area contributed by atoms with Crippen LogP contribution in [0.25, 0.3) is 0 Å². The number of furan rings is 1. The number of hydrogen-bond donors (Lipinski definition) is 0. The van der Waals surface area contributed by atoms with Gasteiger partial charge in [-0.2, -0.15) is 5.26 Å². The van der Waals surface area contributed by atoms with Crippen LogP contribution in [0, 0.1) is 25.2 Å². The van der Waals surface area contributed by atoms with Gasteiger partial charge in [0.2, 0.25) is 5.88 Å². The first kappa shape index (κ1) is 21.0. The van der Waals surface area contributed by atoms with Crippen molar-refractivity contribution in [1.29, 1.82) is 5.26 Å². The van der Waals surface area contributed by atoms with Gasteiger partial charge in [-0.05, 0) is 53.5 Å². The molecular weight excluding hydrogens is 456 g/mol. The van der Waals surface area contributed by atoms with Gasteiger partial charge in [0.05, 0.1) is 11.6 Å². The van der Waals surface area contributed by atoms with Crippen molar-refractivity contribution < 1.29 is 13.9 Å². The molecule has 3 aromatic rings. The molecule has 5 nitrogen and oxygen atoms in total. The predicted molar refractivity (Wildman–Crippen MR) is 117 cm³/mol. The van der Waals surface area contributed by atoms with Gasteiger partial charge in [-0.15, -0.1) is 0 Å². The number of benzene rings is 2. The number of nitriles is 1. The minimum absolute atomic E-state index is 0.289. The molecule has 0 fully saturated rings. The fraction of sp³-hybridized carbons (Fsp3) is 0.182. The molecule has 0 bridgehead atoms. The van der Waals surface area contributed by atoms with Crippen LogP contribution in [0.15, 0.2) is 50.3 Å². The second-order valence-corrected chi connectivity index (χ2v) is 7.51. The molecular formula is C22H18BrClN2O3. The Bertz CT molecular complexity index is 1120. The minimum atomic E-state index is 0.289. The monoisotopic (exact) mass is 472 g/mol. The van der Waals surface area contributed by atoms with Crippen LogP contribution in [-0.2, 0) is 6.61 Å². The van der Waals surface area contributed by atoms with Crippen LogP contribution in [0.4, 0.5) is 5.88 Å². The summed E-state index contributed by atoms with van der Waals surface area (Å²) in [5.41, 5.74) is 2.86. The first-order valence-electron chi connectivity index (χ1n) is 8.72. The van der Waals surface area contributed by atoms with Crippen molar-refractivity contribution in [1.82, 2.24) is 0 Å². The molecule has 1 aromatic heterocycles. The van der Waals surface area contributed by atoms with Crippen molar-refractivity contribution in [2.45, 2.75) is 20.5 Å². The SMILES string of the molecule is COc1cc(C=Nc2oc(C)c(C)c2C#N)cc(Br)c1OCc1ccccc1Cl.